The average Bonchev–Trinajstić information content (AvgIpc) is 2.62. The van der Waals surface area contributed by atoms with Gasteiger partial charge in [0, 0.05) is 7.05 Å². The van der Waals surface area contributed by atoms with E-state index in [0.717, 1.165) is 24.8 Å². The largest absolute Gasteiger partial charge is 0.506 e. The highest BCUT2D eigenvalue weighted by Crippen LogP contribution is 2.19. The quantitative estimate of drug-likeness (QED) is 0.416. The lowest BCUT2D eigenvalue weighted by molar-refractivity contribution is 0.438. The molecule has 0 amide bonds. The summed E-state index contributed by atoms with van der Waals surface area (Å²) < 4.78 is 0. The smallest absolute Gasteiger partial charge is 0.149 e. The Morgan fingerprint density at radius 2 is 2.12 bits per heavy atom. The molecule has 0 saturated heterocycles. The zero-order valence-corrected chi connectivity index (χ0v) is 15.5. The molecule has 8 nitrogen and oxygen atoms in total. The van der Waals surface area contributed by atoms with Gasteiger partial charge in [0.2, 0.25) is 0 Å². The molecule has 0 fully saturated rings. The van der Waals surface area contributed by atoms with Crippen LogP contribution in [0.5, 0.6) is 5.75 Å². The third-order valence-corrected chi connectivity index (χ3v) is 4.04. The van der Waals surface area contributed by atoms with Gasteiger partial charge in [-0.2, -0.15) is 5.10 Å². The number of likely N-dealkylation sites (N-methyl/N-ethyl adjacent to an activating group) is 1. The van der Waals surface area contributed by atoms with Gasteiger partial charge in [-0.15, -0.1) is 5.10 Å². The Balaban J connectivity index is 2.19. The zero-order chi connectivity index (χ0) is 19.1. The maximum Gasteiger partial charge on any atom is 0.149 e. The van der Waals surface area contributed by atoms with Crippen LogP contribution in [0.2, 0.25) is 0 Å². The lowest BCUT2D eigenvalue weighted by atomic mass is 10.1. The van der Waals surface area contributed by atoms with Crippen LogP contribution in [-0.4, -0.2) is 38.9 Å². The van der Waals surface area contributed by atoms with Gasteiger partial charge < -0.3 is 21.2 Å². The fourth-order valence-corrected chi connectivity index (χ4v) is 2.45. The van der Waals surface area contributed by atoms with Crippen LogP contribution in [0.1, 0.15) is 36.7 Å². The maximum absolute atomic E-state index is 9.63. The highest BCUT2D eigenvalue weighted by molar-refractivity contribution is 5.64. The molecule has 0 spiro atoms. The third-order valence-electron chi connectivity index (χ3n) is 4.04. The van der Waals surface area contributed by atoms with Crippen LogP contribution in [0.4, 0.5) is 5.82 Å². The molecule has 140 valence electrons. The van der Waals surface area contributed by atoms with E-state index in [2.05, 4.69) is 27.4 Å². The van der Waals surface area contributed by atoms with Gasteiger partial charge in [-0.05, 0) is 43.5 Å². The first-order valence-electron chi connectivity index (χ1n) is 8.61. The summed E-state index contributed by atoms with van der Waals surface area (Å²) in [6.45, 7) is 4.24. The summed E-state index contributed by atoms with van der Waals surface area (Å²) >= 11 is 0. The van der Waals surface area contributed by atoms with Crippen molar-refractivity contribution in [1.82, 2.24) is 20.2 Å². The number of aryl methyl sites for hydroxylation is 2. The minimum absolute atomic E-state index is 0.126. The lowest BCUT2D eigenvalue weighted by Crippen LogP contribution is -2.32. The molecule has 0 radical (unpaired) electrons. The summed E-state index contributed by atoms with van der Waals surface area (Å²) in [4.78, 5) is 4.31. The van der Waals surface area contributed by atoms with Crippen molar-refractivity contribution >= 4 is 11.5 Å². The normalized spacial score (nSPS) is 11.8. The minimum atomic E-state index is 0.126. The highest BCUT2D eigenvalue weighted by atomic mass is 16.3. The number of hydrazine groups is 1. The van der Waals surface area contributed by atoms with Crippen LogP contribution in [0.3, 0.4) is 0 Å². The SMILES string of the molecule is CCCCc1cnnc(NC/C(=C(/N)c2ccc(O)c(C)n2)N(C)N)c1. The highest BCUT2D eigenvalue weighted by Gasteiger charge is 2.12. The Hall–Kier alpha value is -2.87. The van der Waals surface area contributed by atoms with E-state index in [9.17, 15) is 5.11 Å². The number of anilines is 1. The summed E-state index contributed by atoms with van der Waals surface area (Å²) in [5.74, 6) is 6.74. The van der Waals surface area contributed by atoms with Crippen LogP contribution >= 0.6 is 0 Å². The predicted molar refractivity (Wildman–Crippen MR) is 103 cm³/mol. The number of hydrogen-bond acceptors (Lipinski definition) is 8. The molecule has 0 bridgehead atoms. The van der Waals surface area contributed by atoms with Crippen molar-refractivity contribution in [2.45, 2.75) is 33.1 Å². The number of nitrogens with one attached hydrogen (secondary N) is 1. The summed E-state index contributed by atoms with van der Waals surface area (Å²) in [7, 11) is 1.71. The van der Waals surface area contributed by atoms with Gasteiger partial charge in [-0.1, -0.05) is 13.3 Å². The molecule has 2 aromatic heterocycles. The Labute approximate surface area is 153 Å². The van der Waals surface area contributed by atoms with E-state index in [0.29, 0.717) is 35.1 Å². The van der Waals surface area contributed by atoms with Crippen molar-refractivity contribution in [3.8, 4) is 5.75 Å². The molecule has 2 rings (SSSR count). The summed E-state index contributed by atoms with van der Waals surface area (Å²) in [6.07, 6.45) is 5.00. The number of unbranched alkanes of at least 4 members (excludes halogenated alkanes) is 1. The fourth-order valence-electron chi connectivity index (χ4n) is 2.45. The molecule has 0 unspecified atom stereocenters. The van der Waals surface area contributed by atoms with E-state index in [1.807, 2.05) is 6.07 Å². The number of nitrogens with zero attached hydrogens (tertiary/aromatic N) is 4. The van der Waals surface area contributed by atoms with Gasteiger partial charge in [0.15, 0.2) is 0 Å². The first-order chi connectivity index (χ1) is 12.4. The number of pyridine rings is 1. The van der Waals surface area contributed by atoms with Crippen molar-refractivity contribution in [1.29, 1.82) is 0 Å². The standard InChI is InChI=1S/C18H27N7O/c1-4-5-6-13-9-17(24-22-10-13)21-11-15(25(3)20)18(19)14-7-8-16(26)12(2)23-14/h7-10,26H,4-6,11,19-20H2,1-3H3,(H,21,24)/b18-15-. The molecule has 8 heteroatoms. The molecule has 0 aromatic carbocycles. The summed E-state index contributed by atoms with van der Waals surface area (Å²) in [6, 6.07) is 5.21. The lowest BCUT2D eigenvalue weighted by Gasteiger charge is -2.20. The zero-order valence-electron chi connectivity index (χ0n) is 15.5. The van der Waals surface area contributed by atoms with Crippen molar-refractivity contribution in [2.75, 3.05) is 18.9 Å². The predicted octanol–water partition coefficient (Wildman–Crippen LogP) is 1.77. The Morgan fingerprint density at radius 1 is 1.35 bits per heavy atom. The van der Waals surface area contributed by atoms with E-state index in [1.54, 1.807) is 32.3 Å². The third kappa shape index (κ3) is 5.06. The molecule has 2 aromatic rings. The minimum Gasteiger partial charge on any atom is -0.506 e. The van der Waals surface area contributed by atoms with Crippen LogP contribution in [0.15, 0.2) is 30.1 Å². The molecule has 0 saturated carbocycles. The second-order valence-corrected chi connectivity index (χ2v) is 6.18. The number of aromatic nitrogens is 3. The average molecular weight is 357 g/mol. The molecule has 0 atom stereocenters. The van der Waals surface area contributed by atoms with Crippen LogP contribution in [0.25, 0.3) is 5.70 Å². The van der Waals surface area contributed by atoms with E-state index in [1.165, 1.54) is 5.01 Å². The molecular weight excluding hydrogens is 330 g/mol. The summed E-state index contributed by atoms with van der Waals surface area (Å²) in [5.41, 5.74) is 9.54. The van der Waals surface area contributed by atoms with Gasteiger partial charge >= 0.3 is 0 Å². The van der Waals surface area contributed by atoms with Crippen molar-refractivity contribution in [2.24, 2.45) is 11.6 Å². The number of rotatable bonds is 8. The molecule has 0 aliphatic heterocycles. The van der Waals surface area contributed by atoms with Gasteiger partial charge in [-0.3, -0.25) is 0 Å². The summed E-state index contributed by atoms with van der Waals surface area (Å²) in [5, 5.41) is 22.4. The number of nitrogens with two attached hydrogens (primary N) is 2. The molecular formula is C18H27N7O. The van der Waals surface area contributed by atoms with Gasteiger partial charge in [0.25, 0.3) is 0 Å². The molecule has 2 heterocycles. The van der Waals surface area contributed by atoms with Crippen LogP contribution in [-0.2, 0) is 6.42 Å². The first-order valence-corrected chi connectivity index (χ1v) is 8.61. The topological polar surface area (TPSA) is 126 Å². The Morgan fingerprint density at radius 3 is 2.77 bits per heavy atom. The first kappa shape index (κ1) is 19.5. The van der Waals surface area contributed by atoms with E-state index < -0.39 is 0 Å². The van der Waals surface area contributed by atoms with E-state index in [-0.39, 0.29) is 5.75 Å². The fraction of sp³-hybridized carbons (Fsp3) is 0.389. The van der Waals surface area contributed by atoms with Crippen molar-refractivity contribution in [3.63, 3.8) is 0 Å². The van der Waals surface area contributed by atoms with Crippen LogP contribution in [0, 0.1) is 6.92 Å². The van der Waals surface area contributed by atoms with Crippen LogP contribution < -0.4 is 16.9 Å². The second kappa shape index (κ2) is 9.00. The van der Waals surface area contributed by atoms with E-state index in [4.69, 9.17) is 11.6 Å². The number of aromatic hydroxyl groups is 1. The number of hydrogen-bond donors (Lipinski definition) is 4. The Bertz CT molecular complexity index is 774. The Kier molecular flexibility index (Phi) is 6.74. The molecule has 26 heavy (non-hydrogen) atoms. The van der Waals surface area contributed by atoms with Gasteiger partial charge in [0.1, 0.15) is 11.6 Å². The van der Waals surface area contributed by atoms with Crippen molar-refractivity contribution < 1.29 is 5.11 Å². The molecule has 0 aliphatic rings. The maximum atomic E-state index is 9.63. The van der Waals surface area contributed by atoms with Gasteiger partial charge in [-0.25, -0.2) is 10.8 Å². The second-order valence-electron chi connectivity index (χ2n) is 6.18. The molecule has 0 aliphatic carbocycles. The molecule has 6 N–H and O–H groups in total. The van der Waals surface area contributed by atoms with E-state index >= 15 is 0 Å². The monoisotopic (exact) mass is 357 g/mol. The van der Waals surface area contributed by atoms with Crippen molar-refractivity contribution in [3.05, 3.63) is 47.0 Å². The van der Waals surface area contributed by atoms with Gasteiger partial charge in [0.05, 0.1) is 35.5 Å².